The molecule has 10 heteroatoms. The van der Waals surface area contributed by atoms with E-state index in [-0.39, 0.29) is 22.9 Å². The Hall–Kier alpha value is -4.54. The topological polar surface area (TPSA) is 133 Å². The van der Waals surface area contributed by atoms with Crippen LogP contribution in [0.3, 0.4) is 0 Å². The Balaban J connectivity index is 1.28. The molecular formula is C28H22N4O5S. The lowest BCUT2D eigenvalue weighted by Crippen LogP contribution is -2.35. The lowest BCUT2D eigenvalue weighted by molar-refractivity contribution is -0.127. The monoisotopic (exact) mass is 526 g/mol. The molecule has 1 atom stereocenters. The highest BCUT2D eigenvalue weighted by molar-refractivity contribution is 7.89. The standard InChI is InChI=1S/C28H22N4O5S/c1-16(27(33)31-15-17-6-9-19(10-7-17)38(29,35)36)37-18-8-11-24-23(14-18)21-12-13-30-25-20-4-2-3-5-22(20)28(34)32(24)26(21)25/h2-14,16H,15H2,1H3,(H,31,33)(H2,29,35,36)/t16-/m0/s1. The third-order valence-corrected chi connectivity index (χ3v) is 7.59. The van der Waals surface area contributed by atoms with Gasteiger partial charge in [0, 0.05) is 34.3 Å². The van der Waals surface area contributed by atoms with Crippen LogP contribution in [-0.2, 0) is 21.4 Å². The zero-order chi connectivity index (χ0) is 26.6. The molecule has 1 amide bonds. The Morgan fingerprint density at radius 2 is 1.74 bits per heavy atom. The van der Waals surface area contributed by atoms with Crippen LogP contribution in [0.1, 0.15) is 12.5 Å². The fraction of sp³-hybridized carbons (Fsp3) is 0.107. The summed E-state index contributed by atoms with van der Waals surface area (Å²) in [6.07, 6.45) is 0.927. The molecule has 0 saturated heterocycles. The Kier molecular flexibility index (Phi) is 5.51. The third-order valence-electron chi connectivity index (χ3n) is 6.66. The van der Waals surface area contributed by atoms with Crippen molar-refractivity contribution >= 4 is 54.0 Å². The molecule has 0 radical (unpaired) electrons. The number of nitrogens with two attached hydrogens (primary N) is 1. The van der Waals surface area contributed by atoms with Crippen molar-refractivity contribution in [2.45, 2.75) is 24.5 Å². The minimum atomic E-state index is -3.78. The number of ether oxygens (including phenoxy) is 1. The normalized spacial score (nSPS) is 12.9. The van der Waals surface area contributed by atoms with Gasteiger partial charge in [-0.3, -0.25) is 19.0 Å². The van der Waals surface area contributed by atoms with E-state index in [2.05, 4.69) is 10.3 Å². The summed E-state index contributed by atoms with van der Waals surface area (Å²) in [7, 11) is -3.78. The molecule has 6 rings (SSSR count). The summed E-state index contributed by atoms with van der Waals surface area (Å²) in [4.78, 5) is 30.7. The number of nitrogens with one attached hydrogen (secondary N) is 1. The SMILES string of the molecule is C[C@H](Oc1ccc2c(c1)c1ccnc3c4ccccc4c(=O)n2c13)C(=O)NCc1ccc(S(N)(=O)=O)cc1. The van der Waals surface area contributed by atoms with Crippen molar-refractivity contribution in [3.8, 4) is 5.75 Å². The van der Waals surface area contributed by atoms with Crippen LogP contribution >= 0.6 is 0 Å². The molecule has 0 fully saturated rings. The second kappa shape index (κ2) is 8.79. The van der Waals surface area contributed by atoms with E-state index in [1.807, 2.05) is 36.4 Å². The number of pyridine rings is 2. The van der Waals surface area contributed by atoms with Crippen LogP contribution in [0.25, 0.3) is 38.1 Å². The first-order valence-electron chi connectivity index (χ1n) is 11.9. The van der Waals surface area contributed by atoms with Crippen LogP contribution in [0.15, 0.2) is 88.7 Å². The number of primary sulfonamides is 1. The van der Waals surface area contributed by atoms with E-state index in [0.29, 0.717) is 16.7 Å². The Labute approximate surface area is 216 Å². The zero-order valence-corrected chi connectivity index (χ0v) is 21.0. The average Bonchev–Trinajstić information content (AvgIpc) is 3.25. The maximum Gasteiger partial charge on any atom is 0.263 e. The van der Waals surface area contributed by atoms with Crippen molar-refractivity contribution in [1.29, 1.82) is 0 Å². The highest BCUT2D eigenvalue weighted by atomic mass is 32.2. The van der Waals surface area contributed by atoms with Crippen molar-refractivity contribution in [2.75, 3.05) is 0 Å². The molecule has 3 aromatic heterocycles. The van der Waals surface area contributed by atoms with Gasteiger partial charge in [-0.2, -0.15) is 0 Å². The number of rotatable bonds is 6. The largest absolute Gasteiger partial charge is 0.481 e. The van der Waals surface area contributed by atoms with Crippen molar-refractivity contribution in [3.05, 3.63) is 94.9 Å². The summed E-state index contributed by atoms with van der Waals surface area (Å²) in [5.74, 6) is 0.150. The molecule has 38 heavy (non-hydrogen) atoms. The predicted molar refractivity (Wildman–Crippen MR) is 145 cm³/mol. The van der Waals surface area contributed by atoms with Crippen LogP contribution in [0.5, 0.6) is 5.75 Å². The summed E-state index contributed by atoms with van der Waals surface area (Å²) in [5, 5.41) is 11.0. The van der Waals surface area contributed by atoms with Gasteiger partial charge in [0.05, 0.1) is 21.4 Å². The molecule has 3 heterocycles. The smallest absolute Gasteiger partial charge is 0.263 e. The zero-order valence-electron chi connectivity index (χ0n) is 20.2. The maximum atomic E-state index is 13.4. The molecule has 3 aromatic carbocycles. The number of nitrogens with zero attached hydrogens (tertiary/aromatic N) is 2. The van der Waals surface area contributed by atoms with E-state index in [9.17, 15) is 18.0 Å². The number of carbonyl (C=O) groups is 1. The Morgan fingerprint density at radius 3 is 2.47 bits per heavy atom. The fourth-order valence-electron chi connectivity index (χ4n) is 4.81. The summed E-state index contributed by atoms with van der Waals surface area (Å²) < 4.78 is 30.4. The second-order valence-corrected chi connectivity index (χ2v) is 10.6. The van der Waals surface area contributed by atoms with Gasteiger partial charge >= 0.3 is 0 Å². The lowest BCUT2D eigenvalue weighted by atomic mass is 10.1. The average molecular weight is 527 g/mol. The molecule has 0 aliphatic heterocycles. The minimum Gasteiger partial charge on any atom is -0.481 e. The van der Waals surface area contributed by atoms with E-state index in [0.717, 1.165) is 32.7 Å². The van der Waals surface area contributed by atoms with Gasteiger partial charge in [0.15, 0.2) is 6.10 Å². The van der Waals surface area contributed by atoms with Crippen molar-refractivity contribution < 1.29 is 17.9 Å². The molecule has 9 nitrogen and oxygen atoms in total. The first-order chi connectivity index (χ1) is 18.2. The second-order valence-electron chi connectivity index (χ2n) is 9.09. The Morgan fingerprint density at radius 1 is 1.00 bits per heavy atom. The highest BCUT2D eigenvalue weighted by Gasteiger charge is 2.20. The quantitative estimate of drug-likeness (QED) is 0.320. The van der Waals surface area contributed by atoms with Gasteiger partial charge in [-0.15, -0.1) is 0 Å². The first kappa shape index (κ1) is 23.8. The van der Waals surface area contributed by atoms with Crippen LogP contribution in [0.2, 0.25) is 0 Å². The van der Waals surface area contributed by atoms with E-state index >= 15 is 0 Å². The van der Waals surface area contributed by atoms with Gasteiger partial charge in [-0.05, 0) is 55.0 Å². The van der Waals surface area contributed by atoms with Gasteiger partial charge in [0.2, 0.25) is 10.0 Å². The third kappa shape index (κ3) is 3.90. The Bertz CT molecular complexity index is 2040. The molecule has 0 bridgehead atoms. The molecule has 0 aliphatic carbocycles. The van der Waals surface area contributed by atoms with E-state index in [4.69, 9.17) is 9.88 Å². The lowest BCUT2D eigenvalue weighted by Gasteiger charge is -2.15. The van der Waals surface area contributed by atoms with E-state index in [1.54, 1.807) is 41.8 Å². The summed E-state index contributed by atoms with van der Waals surface area (Å²) in [5.41, 5.74) is 2.84. The predicted octanol–water partition coefficient (Wildman–Crippen LogP) is 3.32. The number of hydrogen-bond acceptors (Lipinski definition) is 6. The molecule has 0 saturated carbocycles. The molecule has 0 spiro atoms. The minimum absolute atomic E-state index is 0.00451. The highest BCUT2D eigenvalue weighted by Crippen LogP contribution is 2.34. The maximum absolute atomic E-state index is 13.4. The van der Waals surface area contributed by atoms with Gasteiger partial charge in [0.1, 0.15) is 5.75 Å². The first-order valence-corrected chi connectivity index (χ1v) is 13.4. The summed E-state index contributed by atoms with van der Waals surface area (Å²) >= 11 is 0. The van der Waals surface area contributed by atoms with Crippen molar-refractivity contribution in [3.63, 3.8) is 0 Å². The van der Waals surface area contributed by atoms with Gasteiger partial charge in [-0.1, -0.05) is 30.3 Å². The number of carbonyl (C=O) groups excluding carboxylic acids is 1. The van der Waals surface area contributed by atoms with Crippen LogP contribution in [0, 0.1) is 0 Å². The molecule has 190 valence electrons. The van der Waals surface area contributed by atoms with Crippen LogP contribution in [-0.4, -0.2) is 29.8 Å². The van der Waals surface area contributed by atoms with Crippen LogP contribution < -0.4 is 20.8 Å². The molecule has 3 N–H and O–H groups in total. The number of aromatic nitrogens is 2. The van der Waals surface area contributed by atoms with Crippen molar-refractivity contribution in [2.24, 2.45) is 5.14 Å². The van der Waals surface area contributed by atoms with Crippen LogP contribution in [0.4, 0.5) is 0 Å². The number of hydrogen-bond donors (Lipinski definition) is 2. The van der Waals surface area contributed by atoms with Gasteiger partial charge in [-0.25, -0.2) is 13.6 Å². The molecule has 6 aromatic rings. The van der Waals surface area contributed by atoms with Gasteiger partial charge in [0.25, 0.3) is 11.5 Å². The number of benzene rings is 3. The van der Waals surface area contributed by atoms with E-state index in [1.165, 1.54) is 12.1 Å². The summed E-state index contributed by atoms with van der Waals surface area (Å²) in [6.45, 7) is 1.84. The molecule has 0 unspecified atom stereocenters. The number of sulfonamides is 1. The summed E-state index contributed by atoms with van der Waals surface area (Å²) in [6, 6.07) is 20.7. The molecular weight excluding hydrogens is 504 g/mol. The fourth-order valence-corrected chi connectivity index (χ4v) is 5.32. The number of amides is 1. The molecule has 0 aliphatic rings. The van der Waals surface area contributed by atoms with Crippen molar-refractivity contribution in [1.82, 2.24) is 14.7 Å². The van der Waals surface area contributed by atoms with E-state index < -0.39 is 16.1 Å². The number of fused-ring (bicyclic) bond motifs is 5. The van der Waals surface area contributed by atoms with Gasteiger partial charge < -0.3 is 10.1 Å².